The third-order valence-corrected chi connectivity index (χ3v) is 6.14. The lowest BCUT2D eigenvalue weighted by molar-refractivity contribution is -0.140. The summed E-state index contributed by atoms with van der Waals surface area (Å²) in [7, 11) is 0. The molecule has 0 aromatic heterocycles. The molecule has 0 saturated heterocycles. The van der Waals surface area contributed by atoms with Gasteiger partial charge in [-0.1, -0.05) is 68.8 Å². The van der Waals surface area contributed by atoms with Crippen molar-refractivity contribution >= 4 is 29.7 Å². The van der Waals surface area contributed by atoms with Crippen molar-refractivity contribution in [2.75, 3.05) is 11.9 Å². The Bertz CT molecular complexity index is 1120. The van der Waals surface area contributed by atoms with Crippen LogP contribution in [0, 0.1) is 13.8 Å². The molecule has 3 amide bonds. The van der Waals surface area contributed by atoms with Gasteiger partial charge in [0.1, 0.15) is 17.7 Å². The number of hydrogen-bond acceptors (Lipinski definition) is 4. The van der Waals surface area contributed by atoms with E-state index in [4.69, 9.17) is 4.74 Å². The highest BCUT2D eigenvalue weighted by Crippen LogP contribution is 2.28. The van der Waals surface area contributed by atoms with Gasteiger partial charge in [-0.3, -0.25) is 9.59 Å². The van der Waals surface area contributed by atoms with E-state index in [2.05, 4.69) is 24.1 Å². The van der Waals surface area contributed by atoms with Crippen LogP contribution in [0.15, 0.2) is 49.0 Å². The van der Waals surface area contributed by atoms with Gasteiger partial charge in [0, 0.05) is 12.2 Å². The van der Waals surface area contributed by atoms with Crippen molar-refractivity contribution in [2.45, 2.75) is 85.4 Å². The molecule has 0 bridgehead atoms. The highest BCUT2D eigenvalue weighted by Gasteiger charge is 2.35. The van der Waals surface area contributed by atoms with Gasteiger partial charge >= 0.3 is 6.09 Å². The number of rotatable bonds is 11. The Kier molecular flexibility index (Phi) is 11.1. The molecule has 0 aliphatic heterocycles. The number of aryl methyl sites for hydroxylation is 2. The summed E-state index contributed by atoms with van der Waals surface area (Å²) in [5.74, 6) is -0.685. The second kappa shape index (κ2) is 13.8. The molecule has 0 aliphatic carbocycles. The minimum absolute atomic E-state index is 0.321. The molecule has 38 heavy (non-hydrogen) atoms. The van der Waals surface area contributed by atoms with Crippen LogP contribution in [0.2, 0.25) is 0 Å². The Hall–Kier alpha value is -3.61. The number of nitrogens with zero attached hydrogens (tertiary/aromatic N) is 1. The standard InChI is InChI=1S/C31H43N3O4/c1-9-11-12-19-34(29(36)23(5)32-30(37)38-31(6,7)8)27(25-18-14-17-24(10-2)20-25)28(35)33-26-21(3)15-13-16-22(26)4/h10,13-18,20,23,27H,2,9,11-12,19H2,1,3-8H3,(H,32,37)(H,33,35). The zero-order valence-corrected chi connectivity index (χ0v) is 23.9. The van der Waals surface area contributed by atoms with Crippen molar-refractivity contribution < 1.29 is 19.1 Å². The van der Waals surface area contributed by atoms with Crippen LogP contribution < -0.4 is 10.6 Å². The zero-order chi connectivity index (χ0) is 28.5. The fraction of sp³-hybridized carbons (Fsp3) is 0.452. The van der Waals surface area contributed by atoms with E-state index in [0.29, 0.717) is 12.1 Å². The van der Waals surface area contributed by atoms with E-state index >= 15 is 0 Å². The summed E-state index contributed by atoms with van der Waals surface area (Å²) < 4.78 is 5.35. The predicted octanol–water partition coefficient (Wildman–Crippen LogP) is 6.56. The van der Waals surface area contributed by atoms with Gasteiger partial charge in [-0.05, 0) is 76.3 Å². The number of anilines is 1. The average Bonchev–Trinajstić information content (AvgIpc) is 2.84. The quantitative estimate of drug-likeness (QED) is 0.328. The number of hydrogen-bond donors (Lipinski definition) is 2. The maximum atomic E-state index is 14.0. The van der Waals surface area contributed by atoms with Gasteiger partial charge in [-0.25, -0.2) is 4.79 Å². The second-order valence-electron chi connectivity index (χ2n) is 10.6. The average molecular weight is 522 g/mol. The van der Waals surface area contributed by atoms with Crippen molar-refractivity contribution in [1.82, 2.24) is 10.2 Å². The summed E-state index contributed by atoms with van der Waals surface area (Å²) in [6.07, 6.45) is 3.60. The summed E-state index contributed by atoms with van der Waals surface area (Å²) in [4.78, 5) is 41.8. The van der Waals surface area contributed by atoms with Crippen LogP contribution in [-0.4, -0.2) is 41.0 Å². The van der Waals surface area contributed by atoms with Crippen LogP contribution in [0.4, 0.5) is 10.5 Å². The van der Waals surface area contributed by atoms with Crippen LogP contribution in [0.25, 0.3) is 6.08 Å². The van der Waals surface area contributed by atoms with Crippen LogP contribution in [0.3, 0.4) is 0 Å². The summed E-state index contributed by atoms with van der Waals surface area (Å²) in [5, 5.41) is 5.72. The van der Waals surface area contributed by atoms with E-state index in [1.165, 1.54) is 0 Å². The van der Waals surface area contributed by atoms with Gasteiger partial charge in [-0.15, -0.1) is 0 Å². The molecule has 0 heterocycles. The monoisotopic (exact) mass is 521 g/mol. The molecule has 0 aliphatic rings. The first-order valence-corrected chi connectivity index (χ1v) is 13.3. The first-order chi connectivity index (χ1) is 17.9. The van der Waals surface area contributed by atoms with Crippen molar-refractivity contribution in [2.24, 2.45) is 0 Å². The predicted molar refractivity (Wildman–Crippen MR) is 154 cm³/mol. The van der Waals surface area contributed by atoms with Crippen LogP contribution in [-0.2, 0) is 14.3 Å². The maximum Gasteiger partial charge on any atom is 0.408 e. The Morgan fingerprint density at radius 3 is 2.26 bits per heavy atom. The van der Waals surface area contributed by atoms with Gasteiger partial charge in [0.05, 0.1) is 0 Å². The maximum absolute atomic E-state index is 14.0. The van der Waals surface area contributed by atoms with Gasteiger partial charge in [0.25, 0.3) is 5.91 Å². The van der Waals surface area contributed by atoms with E-state index in [0.717, 1.165) is 41.6 Å². The molecular formula is C31H43N3O4. The third-order valence-electron chi connectivity index (χ3n) is 6.14. The normalized spacial score (nSPS) is 12.7. The van der Waals surface area contributed by atoms with Crippen LogP contribution in [0.5, 0.6) is 0 Å². The second-order valence-corrected chi connectivity index (χ2v) is 10.6. The highest BCUT2D eigenvalue weighted by atomic mass is 16.6. The molecule has 2 rings (SSSR count). The van der Waals surface area contributed by atoms with E-state index in [1.807, 2.05) is 56.3 Å². The first kappa shape index (κ1) is 30.6. The Labute approximate surface area is 227 Å². The molecule has 2 N–H and O–H groups in total. The molecule has 0 saturated carbocycles. The van der Waals surface area contributed by atoms with E-state index in [9.17, 15) is 14.4 Å². The molecule has 206 valence electrons. The molecule has 2 aromatic carbocycles. The van der Waals surface area contributed by atoms with Crippen LogP contribution in [0.1, 0.15) is 82.2 Å². The first-order valence-electron chi connectivity index (χ1n) is 13.3. The van der Waals surface area contributed by atoms with Gasteiger partial charge in [0.2, 0.25) is 5.91 Å². The molecular weight excluding hydrogens is 478 g/mol. The Balaban J connectivity index is 2.51. The molecule has 7 nitrogen and oxygen atoms in total. The molecule has 7 heteroatoms. The van der Waals surface area contributed by atoms with Crippen LogP contribution >= 0.6 is 0 Å². The number of nitrogens with one attached hydrogen (secondary N) is 2. The third kappa shape index (κ3) is 8.75. The van der Waals surface area contributed by atoms with E-state index < -0.39 is 23.8 Å². The number of carbonyl (C=O) groups excluding carboxylic acids is 3. The molecule has 0 spiro atoms. The summed E-state index contributed by atoms with van der Waals surface area (Å²) >= 11 is 0. The Morgan fingerprint density at radius 1 is 1.05 bits per heavy atom. The summed E-state index contributed by atoms with van der Waals surface area (Å²) in [6, 6.07) is 11.5. The molecule has 0 fully saturated rings. The lowest BCUT2D eigenvalue weighted by Crippen LogP contribution is -2.51. The highest BCUT2D eigenvalue weighted by molar-refractivity contribution is 5.99. The number of alkyl carbamates (subject to hydrolysis) is 1. The number of ether oxygens (including phenoxy) is 1. The minimum Gasteiger partial charge on any atom is -0.444 e. The summed E-state index contributed by atoms with van der Waals surface area (Å²) in [5.41, 5.74) is 3.39. The smallest absolute Gasteiger partial charge is 0.408 e. The molecule has 2 unspecified atom stereocenters. The van der Waals surface area contributed by atoms with E-state index in [-0.39, 0.29) is 11.8 Å². The SMILES string of the molecule is C=Cc1cccc(C(C(=O)Nc2c(C)cccc2C)N(CCCCC)C(=O)C(C)NC(=O)OC(C)(C)C)c1. The van der Waals surface area contributed by atoms with Crippen molar-refractivity contribution in [3.63, 3.8) is 0 Å². The molecule has 0 radical (unpaired) electrons. The number of benzene rings is 2. The number of amides is 3. The van der Waals surface area contributed by atoms with Crippen molar-refractivity contribution in [1.29, 1.82) is 0 Å². The summed E-state index contributed by atoms with van der Waals surface area (Å²) in [6.45, 7) is 17.1. The van der Waals surface area contributed by atoms with Crippen molar-refractivity contribution in [3.05, 3.63) is 71.3 Å². The lowest BCUT2D eigenvalue weighted by atomic mass is 9.99. The molecule has 2 atom stereocenters. The van der Waals surface area contributed by atoms with Crippen molar-refractivity contribution in [3.8, 4) is 0 Å². The zero-order valence-electron chi connectivity index (χ0n) is 23.9. The minimum atomic E-state index is -0.916. The number of para-hydroxylation sites is 1. The van der Waals surface area contributed by atoms with Gasteiger partial charge in [-0.2, -0.15) is 0 Å². The number of carbonyl (C=O) groups is 3. The fourth-order valence-corrected chi connectivity index (χ4v) is 4.23. The largest absolute Gasteiger partial charge is 0.444 e. The fourth-order valence-electron chi connectivity index (χ4n) is 4.23. The van der Waals surface area contributed by atoms with Gasteiger partial charge in [0.15, 0.2) is 0 Å². The molecule has 2 aromatic rings. The topological polar surface area (TPSA) is 87.7 Å². The van der Waals surface area contributed by atoms with E-state index in [1.54, 1.807) is 38.7 Å². The lowest BCUT2D eigenvalue weighted by Gasteiger charge is -2.34. The number of unbranched alkanes of at least 4 members (excludes halogenated alkanes) is 2. The van der Waals surface area contributed by atoms with Gasteiger partial charge < -0.3 is 20.3 Å². The Morgan fingerprint density at radius 2 is 1.68 bits per heavy atom.